The number of hydrogen-bond donors (Lipinski definition) is 2. The van der Waals surface area contributed by atoms with Crippen molar-refractivity contribution in [1.82, 2.24) is 4.98 Å². The molecular formula is C26H23N3O4S2. The maximum atomic E-state index is 12.4. The van der Waals surface area contributed by atoms with Gasteiger partial charge in [-0.15, -0.1) is 11.3 Å². The van der Waals surface area contributed by atoms with Crippen LogP contribution in [0.15, 0.2) is 88.6 Å². The Kier molecular flexibility index (Phi) is 8.37. The zero-order valence-electron chi connectivity index (χ0n) is 18.9. The molecule has 0 aliphatic carbocycles. The van der Waals surface area contributed by atoms with Crippen LogP contribution in [0.2, 0.25) is 0 Å². The summed E-state index contributed by atoms with van der Waals surface area (Å²) in [6.45, 7) is 0. The SMILES string of the molecule is COc1ccc(NC(=O)CSc2nc(CC(=O)Nc3ccc(Oc4ccccc4)cc3)cs2)cc1. The Balaban J connectivity index is 1.21. The lowest BCUT2D eigenvalue weighted by atomic mass is 10.2. The van der Waals surface area contributed by atoms with Crippen LogP contribution in [-0.4, -0.2) is 29.7 Å². The Labute approximate surface area is 211 Å². The van der Waals surface area contributed by atoms with Crippen molar-refractivity contribution in [2.75, 3.05) is 23.5 Å². The first-order valence-electron chi connectivity index (χ1n) is 10.7. The van der Waals surface area contributed by atoms with Crippen LogP contribution in [0.1, 0.15) is 5.69 Å². The minimum absolute atomic E-state index is 0.130. The van der Waals surface area contributed by atoms with E-state index in [4.69, 9.17) is 9.47 Å². The summed E-state index contributed by atoms with van der Waals surface area (Å²) in [7, 11) is 1.59. The molecule has 0 aliphatic heterocycles. The van der Waals surface area contributed by atoms with Crippen molar-refractivity contribution in [1.29, 1.82) is 0 Å². The second-order valence-electron chi connectivity index (χ2n) is 7.33. The van der Waals surface area contributed by atoms with Gasteiger partial charge in [0.25, 0.3) is 0 Å². The van der Waals surface area contributed by atoms with Gasteiger partial charge in [0, 0.05) is 16.8 Å². The normalized spacial score (nSPS) is 10.4. The van der Waals surface area contributed by atoms with Gasteiger partial charge in [-0.05, 0) is 60.7 Å². The van der Waals surface area contributed by atoms with Crippen molar-refractivity contribution >= 4 is 46.3 Å². The van der Waals surface area contributed by atoms with Crippen LogP contribution in [-0.2, 0) is 16.0 Å². The molecule has 0 saturated carbocycles. The monoisotopic (exact) mass is 505 g/mol. The van der Waals surface area contributed by atoms with E-state index in [9.17, 15) is 9.59 Å². The van der Waals surface area contributed by atoms with E-state index >= 15 is 0 Å². The lowest BCUT2D eigenvalue weighted by Gasteiger charge is -2.07. The highest BCUT2D eigenvalue weighted by Crippen LogP contribution is 2.25. The number of nitrogens with one attached hydrogen (secondary N) is 2. The summed E-state index contributed by atoms with van der Waals surface area (Å²) in [5, 5.41) is 7.54. The molecule has 0 bridgehead atoms. The van der Waals surface area contributed by atoms with Crippen LogP contribution in [0.5, 0.6) is 17.2 Å². The van der Waals surface area contributed by atoms with Gasteiger partial charge < -0.3 is 20.1 Å². The number of nitrogens with zero attached hydrogens (tertiary/aromatic N) is 1. The molecule has 0 spiro atoms. The van der Waals surface area contributed by atoms with Crippen LogP contribution in [0, 0.1) is 0 Å². The third kappa shape index (κ3) is 7.59. The molecule has 1 heterocycles. The van der Waals surface area contributed by atoms with E-state index in [1.54, 1.807) is 55.6 Å². The summed E-state index contributed by atoms with van der Waals surface area (Å²) < 4.78 is 11.6. The molecule has 2 N–H and O–H groups in total. The molecule has 4 aromatic rings. The number of thiazole rings is 1. The van der Waals surface area contributed by atoms with Gasteiger partial charge in [0.05, 0.1) is 25.0 Å². The molecule has 7 nitrogen and oxygen atoms in total. The maximum absolute atomic E-state index is 12.4. The average molecular weight is 506 g/mol. The summed E-state index contributed by atoms with van der Waals surface area (Å²) >= 11 is 2.75. The molecule has 35 heavy (non-hydrogen) atoms. The van der Waals surface area contributed by atoms with Gasteiger partial charge in [0.2, 0.25) is 11.8 Å². The van der Waals surface area contributed by atoms with E-state index in [2.05, 4.69) is 15.6 Å². The van der Waals surface area contributed by atoms with Crippen LogP contribution >= 0.6 is 23.1 Å². The Morgan fingerprint density at radius 1 is 0.829 bits per heavy atom. The molecule has 0 fully saturated rings. The third-order valence-electron chi connectivity index (χ3n) is 4.69. The van der Waals surface area contributed by atoms with Crippen molar-refractivity contribution in [2.45, 2.75) is 10.8 Å². The Bertz CT molecular complexity index is 1260. The summed E-state index contributed by atoms with van der Waals surface area (Å²) in [6.07, 6.45) is 0.150. The number of rotatable bonds is 10. The lowest BCUT2D eigenvalue weighted by Crippen LogP contribution is -2.14. The molecule has 2 amide bonds. The standard InChI is InChI=1S/C26H23N3O4S2/c1-32-21-11-7-19(8-12-21)28-25(31)17-35-26-29-20(16-34-26)15-24(30)27-18-9-13-23(14-10-18)33-22-5-3-2-4-6-22/h2-14,16H,15,17H2,1H3,(H,27,30)(H,28,31). The maximum Gasteiger partial charge on any atom is 0.234 e. The lowest BCUT2D eigenvalue weighted by molar-refractivity contribution is -0.116. The minimum Gasteiger partial charge on any atom is -0.497 e. The number of hydrogen-bond acceptors (Lipinski definition) is 7. The van der Waals surface area contributed by atoms with E-state index in [-0.39, 0.29) is 24.0 Å². The van der Waals surface area contributed by atoms with Gasteiger partial charge in [-0.2, -0.15) is 0 Å². The van der Waals surface area contributed by atoms with Crippen molar-refractivity contribution < 1.29 is 19.1 Å². The number of carbonyl (C=O) groups excluding carboxylic acids is 2. The molecule has 3 aromatic carbocycles. The van der Waals surface area contributed by atoms with Gasteiger partial charge in [0.1, 0.15) is 17.2 Å². The Morgan fingerprint density at radius 3 is 2.09 bits per heavy atom. The summed E-state index contributed by atoms with van der Waals surface area (Å²) in [4.78, 5) is 29.1. The quantitative estimate of drug-likeness (QED) is 0.263. The number of para-hydroxylation sites is 1. The zero-order chi connectivity index (χ0) is 24.5. The number of thioether (sulfide) groups is 1. The number of ether oxygens (including phenoxy) is 2. The first-order valence-corrected chi connectivity index (χ1v) is 12.6. The van der Waals surface area contributed by atoms with Gasteiger partial charge >= 0.3 is 0 Å². The van der Waals surface area contributed by atoms with Crippen LogP contribution in [0.4, 0.5) is 11.4 Å². The predicted octanol–water partition coefficient (Wildman–Crippen LogP) is 5.86. The highest BCUT2D eigenvalue weighted by Gasteiger charge is 2.11. The second-order valence-corrected chi connectivity index (χ2v) is 9.42. The van der Waals surface area contributed by atoms with Gasteiger partial charge in [-0.1, -0.05) is 30.0 Å². The molecular weight excluding hydrogens is 482 g/mol. The highest BCUT2D eigenvalue weighted by molar-refractivity contribution is 8.01. The first-order chi connectivity index (χ1) is 17.1. The molecule has 178 valence electrons. The van der Waals surface area contributed by atoms with E-state index in [1.807, 2.05) is 35.7 Å². The molecule has 0 atom stereocenters. The van der Waals surface area contributed by atoms with Crippen molar-refractivity contribution in [3.8, 4) is 17.2 Å². The summed E-state index contributed by atoms with van der Waals surface area (Å²) in [5.74, 6) is 2.09. The number of benzene rings is 3. The number of methoxy groups -OCH3 is 1. The molecule has 1 aromatic heterocycles. The van der Waals surface area contributed by atoms with Crippen LogP contribution in [0.25, 0.3) is 0 Å². The summed E-state index contributed by atoms with van der Waals surface area (Å²) in [5.41, 5.74) is 2.04. The Hall–Kier alpha value is -3.82. The van der Waals surface area contributed by atoms with Crippen LogP contribution < -0.4 is 20.1 Å². The fourth-order valence-corrected chi connectivity index (χ4v) is 4.68. The number of anilines is 2. The number of carbonyl (C=O) groups is 2. The fraction of sp³-hybridized carbons (Fsp3) is 0.115. The molecule has 0 aliphatic rings. The average Bonchev–Trinajstić information content (AvgIpc) is 3.32. The van der Waals surface area contributed by atoms with Crippen molar-refractivity contribution in [3.63, 3.8) is 0 Å². The molecule has 9 heteroatoms. The predicted molar refractivity (Wildman–Crippen MR) is 140 cm³/mol. The van der Waals surface area contributed by atoms with E-state index < -0.39 is 0 Å². The Morgan fingerprint density at radius 2 is 1.43 bits per heavy atom. The van der Waals surface area contributed by atoms with E-state index in [1.165, 1.54) is 23.1 Å². The minimum atomic E-state index is -0.166. The van der Waals surface area contributed by atoms with Gasteiger partial charge in [-0.25, -0.2) is 4.98 Å². The largest absolute Gasteiger partial charge is 0.497 e. The van der Waals surface area contributed by atoms with Crippen molar-refractivity contribution in [2.24, 2.45) is 0 Å². The van der Waals surface area contributed by atoms with E-state index in [0.717, 1.165) is 15.8 Å². The molecule has 0 radical (unpaired) electrons. The van der Waals surface area contributed by atoms with Gasteiger partial charge in [-0.3, -0.25) is 9.59 Å². The van der Waals surface area contributed by atoms with E-state index in [0.29, 0.717) is 22.8 Å². The molecule has 0 unspecified atom stereocenters. The molecule has 4 rings (SSSR count). The second kappa shape index (κ2) is 12.0. The van der Waals surface area contributed by atoms with Gasteiger partial charge in [0.15, 0.2) is 4.34 Å². The van der Waals surface area contributed by atoms with Crippen LogP contribution in [0.3, 0.4) is 0 Å². The topological polar surface area (TPSA) is 89.5 Å². The third-order valence-corrected chi connectivity index (χ3v) is 6.76. The van der Waals surface area contributed by atoms with Crippen molar-refractivity contribution in [3.05, 3.63) is 89.9 Å². The molecule has 0 saturated heterocycles. The zero-order valence-corrected chi connectivity index (χ0v) is 20.5. The first kappa shape index (κ1) is 24.3. The fourth-order valence-electron chi connectivity index (χ4n) is 3.04. The smallest absolute Gasteiger partial charge is 0.234 e. The summed E-state index contributed by atoms with van der Waals surface area (Å²) in [6, 6.07) is 23.8. The highest BCUT2D eigenvalue weighted by atomic mass is 32.2. The number of aromatic nitrogens is 1. The number of amides is 2.